The SMILES string of the molecule is C=CCN([Si](CC)(CC)CC)[Si](CC)(CC)CC. The summed E-state index contributed by atoms with van der Waals surface area (Å²) in [5, 5.41) is 0. The van der Waals surface area contributed by atoms with E-state index in [2.05, 4.69) is 58.4 Å². The van der Waals surface area contributed by atoms with Crippen LogP contribution >= 0.6 is 0 Å². The van der Waals surface area contributed by atoms with Gasteiger partial charge < -0.3 is 4.23 Å². The summed E-state index contributed by atoms with van der Waals surface area (Å²) in [4.78, 5) is 0. The Labute approximate surface area is 118 Å². The van der Waals surface area contributed by atoms with Gasteiger partial charge in [-0.05, 0) is 36.3 Å². The Bertz CT molecular complexity index is 196. The van der Waals surface area contributed by atoms with Crippen molar-refractivity contribution < 1.29 is 0 Å². The van der Waals surface area contributed by atoms with E-state index in [4.69, 9.17) is 0 Å². The first-order valence-corrected chi connectivity index (χ1v) is 13.1. The van der Waals surface area contributed by atoms with Crippen LogP contribution in [0.1, 0.15) is 41.5 Å². The molecule has 0 amide bonds. The molecule has 0 spiro atoms. The monoisotopic (exact) mass is 285 g/mol. The van der Waals surface area contributed by atoms with E-state index < -0.39 is 16.5 Å². The Morgan fingerprint density at radius 3 is 1.17 bits per heavy atom. The molecule has 0 unspecified atom stereocenters. The van der Waals surface area contributed by atoms with E-state index in [9.17, 15) is 0 Å². The van der Waals surface area contributed by atoms with E-state index in [-0.39, 0.29) is 0 Å². The average molecular weight is 286 g/mol. The Morgan fingerprint density at radius 2 is 1.00 bits per heavy atom. The van der Waals surface area contributed by atoms with E-state index in [1.807, 2.05) is 0 Å². The minimum Gasteiger partial charge on any atom is -0.342 e. The Hall–Kier alpha value is 0.134. The van der Waals surface area contributed by atoms with Gasteiger partial charge in [0.05, 0.1) is 0 Å². The van der Waals surface area contributed by atoms with Gasteiger partial charge >= 0.3 is 0 Å². The van der Waals surface area contributed by atoms with Gasteiger partial charge in [-0.15, -0.1) is 6.58 Å². The fourth-order valence-corrected chi connectivity index (χ4v) is 16.9. The fourth-order valence-electron chi connectivity index (χ4n) is 3.66. The first-order chi connectivity index (χ1) is 8.56. The van der Waals surface area contributed by atoms with Gasteiger partial charge in [0.2, 0.25) is 0 Å². The van der Waals surface area contributed by atoms with Gasteiger partial charge in [-0.1, -0.05) is 47.6 Å². The molecule has 18 heavy (non-hydrogen) atoms. The van der Waals surface area contributed by atoms with Crippen LogP contribution in [0.3, 0.4) is 0 Å². The summed E-state index contributed by atoms with van der Waals surface area (Å²) >= 11 is 0. The zero-order valence-corrected chi connectivity index (χ0v) is 15.7. The summed E-state index contributed by atoms with van der Waals surface area (Å²) in [6.45, 7) is 19.7. The maximum Gasteiger partial charge on any atom is 0.121 e. The summed E-state index contributed by atoms with van der Waals surface area (Å²) < 4.78 is 3.05. The number of rotatable bonds is 10. The first kappa shape index (κ1) is 18.1. The average Bonchev–Trinajstić information content (AvgIpc) is 2.44. The van der Waals surface area contributed by atoms with Crippen LogP contribution in [0.25, 0.3) is 0 Å². The second-order valence-electron chi connectivity index (χ2n) is 5.47. The quantitative estimate of drug-likeness (QED) is 0.379. The lowest BCUT2D eigenvalue weighted by Gasteiger charge is -2.52. The Morgan fingerprint density at radius 1 is 0.722 bits per heavy atom. The van der Waals surface area contributed by atoms with Crippen molar-refractivity contribution in [1.82, 2.24) is 4.23 Å². The molecule has 0 aliphatic carbocycles. The molecule has 1 nitrogen and oxygen atoms in total. The highest BCUT2D eigenvalue weighted by Crippen LogP contribution is 2.35. The van der Waals surface area contributed by atoms with Gasteiger partial charge in [0.25, 0.3) is 0 Å². The zero-order chi connectivity index (χ0) is 14.2. The Kier molecular flexibility index (Phi) is 8.40. The third kappa shape index (κ3) is 3.37. The molecule has 3 heteroatoms. The molecule has 0 saturated heterocycles. The molecule has 0 aliphatic rings. The van der Waals surface area contributed by atoms with Crippen molar-refractivity contribution in [2.75, 3.05) is 6.54 Å². The highest BCUT2D eigenvalue weighted by molar-refractivity contribution is 6.92. The van der Waals surface area contributed by atoms with Crippen LogP contribution < -0.4 is 0 Å². The number of nitrogens with zero attached hydrogens (tertiary/aromatic N) is 1. The normalized spacial score (nSPS) is 13.1. The van der Waals surface area contributed by atoms with Crippen molar-refractivity contribution in [3.05, 3.63) is 12.7 Å². The highest BCUT2D eigenvalue weighted by Gasteiger charge is 2.45. The van der Waals surface area contributed by atoms with E-state index in [1.54, 1.807) is 0 Å². The van der Waals surface area contributed by atoms with Crippen LogP contribution in [-0.4, -0.2) is 27.2 Å². The molecule has 0 bridgehead atoms. The van der Waals surface area contributed by atoms with E-state index in [0.29, 0.717) is 0 Å². The fraction of sp³-hybridized carbons (Fsp3) is 0.867. The number of hydrogen-bond acceptors (Lipinski definition) is 1. The predicted octanol–water partition coefficient (Wildman–Crippen LogP) is 5.48. The smallest absolute Gasteiger partial charge is 0.121 e. The molecule has 0 N–H and O–H groups in total. The third-order valence-corrected chi connectivity index (χ3v) is 18.8. The molecular formula is C15H35NSi2. The summed E-state index contributed by atoms with van der Waals surface area (Å²) in [6, 6.07) is 8.43. The largest absolute Gasteiger partial charge is 0.342 e. The Balaban J connectivity index is 5.56. The van der Waals surface area contributed by atoms with Crippen molar-refractivity contribution >= 4 is 16.5 Å². The minimum absolute atomic E-state index is 1.14. The molecule has 108 valence electrons. The van der Waals surface area contributed by atoms with E-state index in [1.165, 1.54) is 36.3 Å². The molecule has 0 atom stereocenters. The van der Waals surface area contributed by atoms with Gasteiger partial charge in [-0.2, -0.15) is 0 Å². The lowest BCUT2D eigenvalue weighted by Crippen LogP contribution is -2.65. The van der Waals surface area contributed by atoms with E-state index >= 15 is 0 Å². The van der Waals surface area contributed by atoms with Crippen LogP contribution in [0.5, 0.6) is 0 Å². The summed E-state index contributed by atoms with van der Waals surface area (Å²) in [5.74, 6) is 0. The second kappa shape index (κ2) is 8.33. The lowest BCUT2D eigenvalue weighted by molar-refractivity contribution is 0.634. The first-order valence-electron chi connectivity index (χ1n) is 7.94. The minimum atomic E-state index is -1.24. The van der Waals surface area contributed by atoms with Gasteiger partial charge in [0.1, 0.15) is 16.5 Å². The predicted molar refractivity (Wildman–Crippen MR) is 91.3 cm³/mol. The molecule has 0 rings (SSSR count). The lowest BCUT2D eigenvalue weighted by atomic mass is 10.7. The molecule has 0 aromatic rings. The van der Waals surface area contributed by atoms with Crippen LogP contribution in [0.4, 0.5) is 0 Å². The molecule has 0 heterocycles. The molecular weight excluding hydrogens is 250 g/mol. The summed E-state index contributed by atoms with van der Waals surface area (Å²) in [5.41, 5.74) is 0. The maximum absolute atomic E-state index is 4.04. The van der Waals surface area contributed by atoms with Crippen LogP contribution in [0.2, 0.25) is 36.3 Å². The molecule has 0 aromatic carbocycles. The van der Waals surface area contributed by atoms with Crippen LogP contribution in [-0.2, 0) is 0 Å². The molecule has 0 fully saturated rings. The maximum atomic E-state index is 4.04. The van der Waals surface area contributed by atoms with Crippen molar-refractivity contribution in [3.8, 4) is 0 Å². The summed E-state index contributed by atoms with van der Waals surface area (Å²) in [6.07, 6.45) is 2.16. The zero-order valence-electron chi connectivity index (χ0n) is 13.7. The van der Waals surface area contributed by atoms with Crippen molar-refractivity contribution in [2.45, 2.75) is 77.8 Å². The number of hydrogen-bond donors (Lipinski definition) is 0. The molecule has 0 saturated carbocycles. The van der Waals surface area contributed by atoms with Gasteiger partial charge in [0, 0.05) is 6.54 Å². The van der Waals surface area contributed by atoms with Gasteiger partial charge in [0.15, 0.2) is 0 Å². The van der Waals surface area contributed by atoms with Crippen LogP contribution in [0.15, 0.2) is 12.7 Å². The van der Waals surface area contributed by atoms with Crippen molar-refractivity contribution in [2.24, 2.45) is 0 Å². The summed E-state index contributed by atoms with van der Waals surface area (Å²) in [7, 11) is -2.48. The second-order valence-corrected chi connectivity index (χ2v) is 16.1. The van der Waals surface area contributed by atoms with E-state index in [0.717, 1.165) is 6.54 Å². The topological polar surface area (TPSA) is 3.24 Å². The van der Waals surface area contributed by atoms with Gasteiger partial charge in [-0.3, -0.25) is 0 Å². The van der Waals surface area contributed by atoms with Crippen molar-refractivity contribution in [1.29, 1.82) is 0 Å². The molecule has 0 aliphatic heterocycles. The standard InChI is InChI=1S/C15H35NSi2/c1-8-15-16(17(9-2,10-3)11-4)18(12-5,13-6)14-7/h8H,1,9-15H2,2-7H3. The highest BCUT2D eigenvalue weighted by atomic mass is 28.4. The molecule has 0 aromatic heterocycles. The van der Waals surface area contributed by atoms with Crippen molar-refractivity contribution in [3.63, 3.8) is 0 Å². The van der Waals surface area contributed by atoms with Crippen LogP contribution in [0, 0.1) is 0 Å². The molecule has 0 radical (unpaired) electrons. The van der Waals surface area contributed by atoms with Gasteiger partial charge in [-0.25, -0.2) is 0 Å². The third-order valence-electron chi connectivity index (χ3n) is 5.41.